The molecule has 16 heavy (non-hydrogen) atoms. The zero-order valence-corrected chi connectivity index (χ0v) is 11.2. The molecule has 3 heteroatoms. The standard InChI is InChI=1S/C13H23NOS/c1-12(13-8-7-10-15-13)14-9-5-3-4-6-11-16-2/h7-8,10,12,14H,3-6,9,11H2,1-2H3. The zero-order valence-electron chi connectivity index (χ0n) is 10.4. The van der Waals surface area contributed by atoms with Crippen LogP contribution in [0.4, 0.5) is 0 Å². The van der Waals surface area contributed by atoms with Crippen molar-refractivity contribution in [2.45, 2.75) is 38.6 Å². The molecule has 2 nitrogen and oxygen atoms in total. The lowest BCUT2D eigenvalue weighted by Crippen LogP contribution is -2.19. The van der Waals surface area contributed by atoms with Crippen LogP contribution in [0.3, 0.4) is 0 Å². The Morgan fingerprint density at radius 1 is 1.31 bits per heavy atom. The Labute approximate surface area is 103 Å². The Balaban J connectivity index is 1.95. The molecule has 0 aliphatic carbocycles. The number of hydrogen-bond donors (Lipinski definition) is 1. The van der Waals surface area contributed by atoms with Crippen molar-refractivity contribution in [1.82, 2.24) is 5.32 Å². The lowest BCUT2D eigenvalue weighted by atomic mass is 10.2. The van der Waals surface area contributed by atoms with E-state index in [-0.39, 0.29) is 0 Å². The topological polar surface area (TPSA) is 25.2 Å². The normalized spacial score (nSPS) is 12.9. The maximum Gasteiger partial charge on any atom is 0.120 e. The van der Waals surface area contributed by atoms with Gasteiger partial charge < -0.3 is 9.73 Å². The van der Waals surface area contributed by atoms with E-state index in [1.165, 1.54) is 31.4 Å². The van der Waals surface area contributed by atoms with E-state index >= 15 is 0 Å². The Morgan fingerprint density at radius 3 is 2.81 bits per heavy atom. The number of unbranched alkanes of at least 4 members (excludes halogenated alkanes) is 3. The average molecular weight is 241 g/mol. The summed E-state index contributed by atoms with van der Waals surface area (Å²) in [5.74, 6) is 2.33. The summed E-state index contributed by atoms with van der Waals surface area (Å²) in [5, 5.41) is 3.48. The first-order chi connectivity index (χ1) is 7.84. The van der Waals surface area contributed by atoms with Gasteiger partial charge in [0.05, 0.1) is 12.3 Å². The molecule has 0 aliphatic heterocycles. The largest absolute Gasteiger partial charge is 0.468 e. The molecule has 0 bridgehead atoms. The molecule has 1 heterocycles. The first-order valence-corrected chi connectivity index (χ1v) is 7.49. The zero-order chi connectivity index (χ0) is 11.6. The number of furan rings is 1. The maximum atomic E-state index is 5.34. The van der Waals surface area contributed by atoms with E-state index < -0.39 is 0 Å². The summed E-state index contributed by atoms with van der Waals surface area (Å²) in [7, 11) is 0. The van der Waals surface area contributed by atoms with E-state index in [0.717, 1.165) is 12.3 Å². The summed E-state index contributed by atoms with van der Waals surface area (Å²) in [6.45, 7) is 3.23. The third kappa shape index (κ3) is 5.61. The molecule has 0 radical (unpaired) electrons. The third-order valence-corrected chi connectivity index (χ3v) is 3.39. The summed E-state index contributed by atoms with van der Waals surface area (Å²) in [6.07, 6.45) is 9.22. The van der Waals surface area contributed by atoms with Crippen molar-refractivity contribution in [2.75, 3.05) is 18.6 Å². The summed E-state index contributed by atoms with van der Waals surface area (Å²) in [4.78, 5) is 0. The minimum atomic E-state index is 0.334. The molecule has 0 aliphatic rings. The van der Waals surface area contributed by atoms with Crippen LogP contribution in [0.5, 0.6) is 0 Å². The van der Waals surface area contributed by atoms with E-state index in [1.807, 2.05) is 23.9 Å². The Morgan fingerprint density at radius 2 is 2.12 bits per heavy atom. The molecule has 1 atom stereocenters. The molecular weight excluding hydrogens is 218 g/mol. The van der Waals surface area contributed by atoms with Crippen LogP contribution in [-0.2, 0) is 0 Å². The van der Waals surface area contributed by atoms with Crippen molar-refractivity contribution >= 4 is 11.8 Å². The van der Waals surface area contributed by atoms with Gasteiger partial charge in [-0.25, -0.2) is 0 Å². The van der Waals surface area contributed by atoms with Gasteiger partial charge in [0.25, 0.3) is 0 Å². The van der Waals surface area contributed by atoms with E-state index in [9.17, 15) is 0 Å². The number of nitrogens with one attached hydrogen (secondary N) is 1. The van der Waals surface area contributed by atoms with Crippen LogP contribution in [0.15, 0.2) is 22.8 Å². The fourth-order valence-electron chi connectivity index (χ4n) is 1.68. The molecule has 0 spiro atoms. The minimum absolute atomic E-state index is 0.334. The van der Waals surface area contributed by atoms with Crippen LogP contribution in [0, 0.1) is 0 Å². The first kappa shape index (κ1) is 13.7. The monoisotopic (exact) mass is 241 g/mol. The van der Waals surface area contributed by atoms with Crippen LogP contribution >= 0.6 is 11.8 Å². The second-order valence-electron chi connectivity index (χ2n) is 4.10. The van der Waals surface area contributed by atoms with Gasteiger partial charge in [-0.1, -0.05) is 12.8 Å². The molecule has 0 amide bonds. The van der Waals surface area contributed by atoms with Crippen LogP contribution in [0.25, 0.3) is 0 Å². The van der Waals surface area contributed by atoms with Crippen molar-refractivity contribution in [3.05, 3.63) is 24.2 Å². The van der Waals surface area contributed by atoms with Gasteiger partial charge in [0.2, 0.25) is 0 Å². The fraction of sp³-hybridized carbons (Fsp3) is 0.692. The number of thioether (sulfide) groups is 1. The Kier molecular flexibility index (Phi) is 7.43. The van der Waals surface area contributed by atoms with Gasteiger partial charge in [-0.2, -0.15) is 11.8 Å². The van der Waals surface area contributed by atoms with Gasteiger partial charge in [-0.15, -0.1) is 0 Å². The highest BCUT2D eigenvalue weighted by atomic mass is 32.2. The van der Waals surface area contributed by atoms with Crippen LogP contribution < -0.4 is 5.32 Å². The SMILES string of the molecule is CSCCCCCCNC(C)c1ccco1. The number of hydrogen-bond acceptors (Lipinski definition) is 3. The molecule has 1 rings (SSSR count). The molecular formula is C13H23NOS. The lowest BCUT2D eigenvalue weighted by Gasteiger charge is -2.10. The molecule has 0 fully saturated rings. The van der Waals surface area contributed by atoms with Gasteiger partial charge in [-0.3, -0.25) is 0 Å². The van der Waals surface area contributed by atoms with Crippen molar-refractivity contribution in [1.29, 1.82) is 0 Å². The second-order valence-corrected chi connectivity index (χ2v) is 5.08. The summed E-state index contributed by atoms with van der Waals surface area (Å²) in [5.41, 5.74) is 0. The summed E-state index contributed by atoms with van der Waals surface area (Å²) in [6, 6.07) is 4.30. The molecule has 1 unspecified atom stereocenters. The van der Waals surface area contributed by atoms with Gasteiger partial charge in [0, 0.05) is 0 Å². The van der Waals surface area contributed by atoms with Crippen LogP contribution in [-0.4, -0.2) is 18.6 Å². The quantitative estimate of drug-likeness (QED) is 0.665. The highest BCUT2D eigenvalue weighted by Gasteiger charge is 2.05. The predicted molar refractivity (Wildman–Crippen MR) is 72.0 cm³/mol. The van der Waals surface area contributed by atoms with Crippen molar-refractivity contribution in [3.63, 3.8) is 0 Å². The first-order valence-electron chi connectivity index (χ1n) is 6.10. The third-order valence-electron chi connectivity index (χ3n) is 2.70. The minimum Gasteiger partial charge on any atom is -0.468 e. The smallest absolute Gasteiger partial charge is 0.120 e. The van der Waals surface area contributed by atoms with Crippen LogP contribution in [0.2, 0.25) is 0 Å². The molecule has 1 aromatic heterocycles. The summed E-state index contributed by atoms with van der Waals surface area (Å²) >= 11 is 1.94. The van der Waals surface area contributed by atoms with Crippen molar-refractivity contribution in [3.8, 4) is 0 Å². The predicted octanol–water partition coefficient (Wildman–Crippen LogP) is 3.85. The van der Waals surface area contributed by atoms with Crippen molar-refractivity contribution < 1.29 is 4.42 Å². The van der Waals surface area contributed by atoms with Gasteiger partial charge in [0.15, 0.2) is 0 Å². The summed E-state index contributed by atoms with van der Waals surface area (Å²) < 4.78 is 5.34. The average Bonchev–Trinajstić information content (AvgIpc) is 2.81. The van der Waals surface area contributed by atoms with Crippen LogP contribution in [0.1, 0.15) is 44.4 Å². The van der Waals surface area contributed by atoms with E-state index in [4.69, 9.17) is 4.42 Å². The van der Waals surface area contributed by atoms with E-state index in [2.05, 4.69) is 18.5 Å². The highest BCUT2D eigenvalue weighted by Crippen LogP contribution is 2.12. The molecule has 1 N–H and O–H groups in total. The molecule has 92 valence electrons. The van der Waals surface area contributed by atoms with Crippen molar-refractivity contribution in [2.24, 2.45) is 0 Å². The molecule has 0 saturated carbocycles. The lowest BCUT2D eigenvalue weighted by molar-refractivity contribution is 0.426. The second kappa shape index (κ2) is 8.71. The molecule has 1 aromatic rings. The van der Waals surface area contributed by atoms with E-state index in [1.54, 1.807) is 6.26 Å². The Hall–Kier alpha value is -0.410. The Bertz CT molecular complexity index is 248. The van der Waals surface area contributed by atoms with Gasteiger partial charge in [0.1, 0.15) is 5.76 Å². The highest BCUT2D eigenvalue weighted by molar-refractivity contribution is 7.98. The van der Waals surface area contributed by atoms with E-state index in [0.29, 0.717) is 6.04 Å². The number of rotatable bonds is 9. The fourth-order valence-corrected chi connectivity index (χ4v) is 2.17. The van der Waals surface area contributed by atoms with Gasteiger partial charge >= 0.3 is 0 Å². The maximum absolute atomic E-state index is 5.34. The van der Waals surface area contributed by atoms with Gasteiger partial charge in [-0.05, 0) is 50.5 Å². The molecule has 0 saturated heterocycles. The molecule has 0 aromatic carbocycles.